The van der Waals surface area contributed by atoms with Gasteiger partial charge < -0.3 is 25.0 Å². The minimum atomic E-state index is -1.24. The van der Waals surface area contributed by atoms with E-state index >= 15 is 0 Å². The molecule has 0 amide bonds. The molecule has 0 bridgehead atoms. The lowest BCUT2D eigenvalue weighted by Gasteiger charge is -2.16. The number of rotatable bonds is 2. The molecule has 2 aromatic rings. The number of imidazole rings is 1. The van der Waals surface area contributed by atoms with Crippen molar-refractivity contribution in [1.82, 2.24) is 19.5 Å². The monoisotopic (exact) mass is 298 g/mol. The second kappa shape index (κ2) is 6.31. The van der Waals surface area contributed by atoms with Crippen LogP contribution >= 0.6 is 0 Å². The number of aromatic nitrogens is 4. The number of hydrogen-bond donors (Lipinski definition) is 4. The molecule has 116 valence electrons. The molecule has 21 heavy (non-hydrogen) atoms. The van der Waals surface area contributed by atoms with Gasteiger partial charge in [0.2, 0.25) is 0 Å². The van der Waals surface area contributed by atoms with Crippen molar-refractivity contribution in [1.29, 1.82) is 0 Å². The molecule has 1 aliphatic rings. The molecule has 0 aliphatic carbocycles. The van der Waals surface area contributed by atoms with Gasteiger partial charge in [-0.15, -0.1) is 0 Å². The Hall–Kier alpha value is -1.81. The van der Waals surface area contributed by atoms with E-state index < -0.39 is 36.7 Å². The highest BCUT2D eigenvalue weighted by Gasteiger charge is 2.43. The Balaban J connectivity index is 0.000000774. The number of fused-ring (bicyclic) bond motifs is 1. The van der Waals surface area contributed by atoms with Gasteiger partial charge in [-0.25, -0.2) is 9.97 Å². The molecule has 4 N–H and O–H groups in total. The first-order valence-corrected chi connectivity index (χ1v) is 6.66. The number of nitrogens with zero attached hydrogens (tertiary/aromatic N) is 3. The maximum Gasteiger partial charge on any atom is 0.278 e. The third kappa shape index (κ3) is 2.56. The van der Waals surface area contributed by atoms with Gasteiger partial charge in [-0.2, -0.15) is 0 Å². The first kappa shape index (κ1) is 15.6. The van der Waals surface area contributed by atoms with E-state index in [1.807, 2.05) is 13.8 Å². The van der Waals surface area contributed by atoms with Crippen molar-refractivity contribution in [2.45, 2.75) is 38.4 Å². The van der Waals surface area contributed by atoms with E-state index in [0.717, 1.165) is 0 Å². The van der Waals surface area contributed by atoms with Gasteiger partial charge in [-0.3, -0.25) is 9.36 Å². The lowest BCUT2D eigenvalue weighted by molar-refractivity contribution is -0.0511. The van der Waals surface area contributed by atoms with Crippen LogP contribution in [0, 0.1) is 0 Å². The second-order valence-corrected chi connectivity index (χ2v) is 4.28. The zero-order valence-electron chi connectivity index (χ0n) is 11.7. The summed E-state index contributed by atoms with van der Waals surface area (Å²) in [7, 11) is 0. The number of nitrogens with one attached hydrogen (secondary N) is 1. The summed E-state index contributed by atoms with van der Waals surface area (Å²) in [5.41, 5.74) is -0.0608. The van der Waals surface area contributed by atoms with Crippen LogP contribution < -0.4 is 5.56 Å². The van der Waals surface area contributed by atoms with Gasteiger partial charge in [-0.05, 0) is 0 Å². The Morgan fingerprint density at radius 3 is 2.67 bits per heavy atom. The lowest BCUT2D eigenvalue weighted by Crippen LogP contribution is -2.33. The fourth-order valence-corrected chi connectivity index (χ4v) is 2.16. The fourth-order valence-electron chi connectivity index (χ4n) is 2.16. The molecular weight excluding hydrogens is 280 g/mol. The van der Waals surface area contributed by atoms with Gasteiger partial charge in [0.15, 0.2) is 17.4 Å². The van der Waals surface area contributed by atoms with Crippen LogP contribution in [0.5, 0.6) is 0 Å². The van der Waals surface area contributed by atoms with Crippen molar-refractivity contribution < 1.29 is 20.1 Å². The first-order valence-electron chi connectivity index (χ1n) is 6.66. The zero-order valence-corrected chi connectivity index (χ0v) is 11.7. The number of ether oxygens (including phenoxy) is 1. The molecule has 4 unspecified atom stereocenters. The third-order valence-electron chi connectivity index (χ3n) is 3.16. The van der Waals surface area contributed by atoms with Gasteiger partial charge in [-0.1, -0.05) is 13.8 Å². The largest absolute Gasteiger partial charge is 0.394 e. The van der Waals surface area contributed by atoms with Gasteiger partial charge in [0.25, 0.3) is 5.56 Å². The molecule has 0 saturated carbocycles. The number of aliphatic hydroxyl groups is 3. The smallest absolute Gasteiger partial charge is 0.278 e. The quantitative estimate of drug-likeness (QED) is 0.544. The van der Waals surface area contributed by atoms with Crippen LogP contribution in [-0.2, 0) is 4.74 Å². The first-order chi connectivity index (χ1) is 10.1. The van der Waals surface area contributed by atoms with Crippen LogP contribution in [0.4, 0.5) is 0 Å². The maximum absolute atomic E-state index is 11.5. The van der Waals surface area contributed by atoms with Crippen molar-refractivity contribution >= 4 is 11.2 Å². The fraction of sp³-hybridized carbons (Fsp3) is 0.583. The maximum atomic E-state index is 11.5. The van der Waals surface area contributed by atoms with Crippen LogP contribution in [0.3, 0.4) is 0 Å². The molecule has 1 saturated heterocycles. The van der Waals surface area contributed by atoms with Crippen LogP contribution in [0.25, 0.3) is 11.2 Å². The minimum Gasteiger partial charge on any atom is -0.394 e. The highest BCUT2D eigenvalue weighted by atomic mass is 16.6. The van der Waals surface area contributed by atoms with E-state index in [1.54, 1.807) is 0 Å². The van der Waals surface area contributed by atoms with E-state index in [1.165, 1.54) is 17.2 Å². The van der Waals surface area contributed by atoms with Crippen LogP contribution in [0.1, 0.15) is 20.1 Å². The molecule has 0 spiro atoms. The summed E-state index contributed by atoms with van der Waals surface area (Å²) in [5, 5.41) is 28.6. The van der Waals surface area contributed by atoms with E-state index in [4.69, 9.17) is 9.84 Å². The summed E-state index contributed by atoms with van der Waals surface area (Å²) in [5.74, 6) is 0. The molecule has 3 heterocycles. The number of hydrogen-bond acceptors (Lipinski definition) is 7. The molecular formula is C12H18N4O5. The predicted molar refractivity (Wildman–Crippen MR) is 72.5 cm³/mol. The number of aromatic amines is 1. The third-order valence-corrected chi connectivity index (χ3v) is 3.16. The SMILES string of the molecule is CC.O=c1[nH]cnc2c1ncn2C1OC(CO)C(O)C1O. The van der Waals surface area contributed by atoms with E-state index in [9.17, 15) is 15.0 Å². The zero-order chi connectivity index (χ0) is 15.6. The van der Waals surface area contributed by atoms with E-state index in [2.05, 4.69) is 15.0 Å². The molecule has 9 heteroatoms. The second-order valence-electron chi connectivity index (χ2n) is 4.28. The average molecular weight is 298 g/mol. The summed E-state index contributed by atoms with van der Waals surface area (Å²) in [6, 6.07) is 0. The average Bonchev–Trinajstić information content (AvgIpc) is 3.05. The molecule has 1 aliphatic heterocycles. The molecule has 9 nitrogen and oxygen atoms in total. The van der Waals surface area contributed by atoms with Gasteiger partial charge in [0.05, 0.1) is 19.3 Å². The summed E-state index contributed by atoms with van der Waals surface area (Å²) in [4.78, 5) is 21.8. The van der Waals surface area contributed by atoms with Crippen molar-refractivity contribution in [3.05, 3.63) is 23.0 Å². The van der Waals surface area contributed by atoms with E-state index in [-0.39, 0.29) is 11.2 Å². The van der Waals surface area contributed by atoms with Crippen molar-refractivity contribution in [2.24, 2.45) is 0 Å². The Labute approximate surface area is 119 Å². The number of aliphatic hydroxyl groups excluding tert-OH is 3. The topological polar surface area (TPSA) is 133 Å². The van der Waals surface area contributed by atoms with E-state index in [0.29, 0.717) is 0 Å². The van der Waals surface area contributed by atoms with Crippen LogP contribution in [0.15, 0.2) is 17.4 Å². The molecule has 2 aromatic heterocycles. The van der Waals surface area contributed by atoms with Crippen molar-refractivity contribution in [3.63, 3.8) is 0 Å². The summed E-state index contributed by atoms with van der Waals surface area (Å²) in [6.07, 6.45) is -1.78. The van der Waals surface area contributed by atoms with Gasteiger partial charge in [0.1, 0.15) is 18.3 Å². The number of H-pyrrole nitrogens is 1. The normalized spacial score (nSPS) is 28.4. The lowest BCUT2D eigenvalue weighted by atomic mass is 10.1. The van der Waals surface area contributed by atoms with Gasteiger partial charge in [0, 0.05) is 0 Å². The highest BCUT2D eigenvalue weighted by Crippen LogP contribution is 2.30. The Morgan fingerprint density at radius 2 is 2.05 bits per heavy atom. The standard InChI is InChI=1S/C10H12N4O5.C2H6/c15-1-4-6(16)7(17)10(19-4)14-3-13-5-8(14)11-2-12-9(5)18;1-2/h2-4,6-7,10,15-17H,1H2,(H,11,12,18);1-2H3. The Bertz CT molecular complexity index is 654. The van der Waals surface area contributed by atoms with Crippen molar-refractivity contribution in [2.75, 3.05) is 6.61 Å². The summed E-state index contributed by atoms with van der Waals surface area (Å²) in [6.45, 7) is 3.58. The summed E-state index contributed by atoms with van der Waals surface area (Å²) >= 11 is 0. The van der Waals surface area contributed by atoms with Gasteiger partial charge >= 0.3 is 0 Å². The van der Waals surface area contributed by atoms with Crippen LogP contribution in [0.2, 0.25) is 0 Å². The molecule has 0 aromatic carbocycles. The molecule has 1 fully saturated rings. The minimum absolute atomic E-state index is 0.111. The Kier molecular flexibility index (Phi) is 4.68. The predicted octanol–water partition coefficient (Wildman–Crippen LogP) is -1.24. The molecule has 4 atom stereocenters. The summed E-state index contributed by atoms with van der Waals surface area (Å²) < 4.78 is 6.70. The van der Waals surface area contributed by atoms with Crippen LogP contribution in [-0.4, -0.2) is 59.8 Å². The molecule has 3 rings (SSSR count). The Morgan fingerprint density at radius 1 is 1.33 bits per heavy atom. The van der Waals surface area contributed by atoms with Crippen molar-refractivity contribution in [3.8, 4) is 0 Å². The molecule has 0 radical (unpaired) electrons. The highest BCUT2D eigenvalue weighted by molar-refractivity contribution is 5.68.